The first-order chi connectivity index (χ1) is 36.3. The third-order valence-electron chi connectivity index (χ3n) is 14.6. The van der Waals surface area contributed by atoms with Crippen molar-refractivity contribution in [2.24, 2.45) is 11.3 Å². The van der Waals surface area contributed by atoms with E-state index in [1.165, 1.54) is 29.1 Å². The number of aliphatic hydroxyl groups excluding tert-OH is 1. The van der Waals surface area contributed by atoms with Crippen LogP contribution in [0.3, 0.4) is 0 Å². The highest BCUT2D eigenvalue weighted by Crippen LogP contribution is 2.40. The summed E-state index contributed by atoms with van der Waals surface area (Å²) in [6.45, 7) is 11.9. The minimum absolute atomic E-state index is 0.000368. The van der Waals surface area contributed by atoms with E-state index in [0.29, 0.717) is 53.7 Å². The second-order valence-electron chi connectivity index (χ2n) is 21.5. The van der Waals surface area contributed by atoms with Gasteiger partial charge in [-0.15, -0.1) is 11.3 Å². The second-order valence-corrected chi connectivity index (χ2v) is 22.4. The zero-order chi connectivity index (χ0) is 54.1. The molecule has 406 valence electrons. The third kappa shape index (κ3) is 14.2. The fourth-order valence-corrected chi connectivity index (χ4v) is 10.6. The van der Waals surface area contributed by atoms with Gasteiger partial charge in [0.15, 0.2) is 12.3 Å². The van der Waals surface area contributed by atoms with E-state index in [2.05, 4.69) is 48.4 Å². The molecule has 8 rings (SSSR count). The van der Waals surface area contributed by atoms with Gasteiger partial charge in [0.2, 0.25) is 11.8 Å². The smallest absolute Gasteiger partial charge is 0.257 e. The molecule has 0 bridgehead atoms. The molecule has 3 fully saturated rings. The fraction of sp³-hybridized carbons (Fsp3) is 0.500. The Morgan fingerprint density at radius 3 is 2.32 bits per heavy atom. The molecular weight excluding hydrogens is 992 g/mol. The Labute approximate surface area is 446 Å². The number of hydrogen-bond acceptors (Lipinski definition) is 12. The Balaban J connectivity index is 0.749. The van der Waals surface area contributed by atoms with E-state index in [-0.39, 0.29) is 63.2 Å². The summed E-state index contributed by atoms with van der Waals surface area (Å²) >= 11 is 1.46. The first kappa shape index (κ1) is 55.5. The van der Waals surface area contributed by atoms with E-state index >= 15 is 0 Å². The van der Waals surface area contributed by atoms with Gasteiger partial charge >= 0.3 is 0 Å². The molecule has 2 saturated heterocycles. The number of aliphatic hydroxyl groups is 1. The van der Waals surface area contributed by atoms with Crippen molar-refractivity contribution in [1.29, 1.82) is 0 Å². The number of amides is 6. The van der Waals surface area contributed by atoms with Crippen LogP contribution in [0.25, 0.3) is 21.5 Å². The summed E-state index contributed by atoms with van der Waals surface area (Å²) in [6, 6.07) is 17.2. The van der Waals surface area contributed by atoms with Gasteiger partial charge in [0.1, 0.15) is 17.6 Å². The summed E-state index contributed by atoms with van der Waals surface area (Å²) in [5.41, 5.74) is 4.66. The quantitative estimate of drug-likeness (QED) is 0.0345. The normalized spacial score (nSPS) is 18.5. The van der Waals surface area contributed by atoms with Crippen molar-refractivity contribution in [3.8, 4) is 16.2 Å². The van der Waals surface area contributed by atoms with E-state index < -0.39 is 46.9 Å². The zero-order valence-electron chi connectivity index (χ0n) is 44.1. The number of rotatable bonds is 23. The van der Waals surface area contributed by atoms with Gasteiger partial charge in [-0.1, -0.05) is 45.7 Å². The van der Waals surface area contributed by atoms with Crippen LogP contribution in [0.5, 0.6) is 5.75 Å². The number of carbonyl (C=O) groups is 6. The molecule has 7 N–H and O–H groups in total. The van der Waals surface area contributed by atoms with E-state index in [4.69, 9.17) is 9.72 Å². The van der Waals surface area contributed by atoms with Crippen LogP contribution < -0.4 is 31.3 Å². The van der Waals surface area contributed by atoms with Crippen LogP contribution in [0.4, 0.5) is 10.1 Å². The zero-order valence-corrected chi connectivity index (χ0v) is 44.9. The van der Waals surface area contributed by atoms with Gasteiger partial charge in [-0.3, -0.25) is 33.7 Å². The number of likely N-dealkylation sites (tertiary alicyclic amines) is 2. The number of aryl methyl sites for hydroxylation is 1. The predicted octanol–water partition coefficient (Wildman–Crippen LogP) is 6.58. The number of β-amino-alcohol motifs (C(OH)–C–C–N with tert-alkyl or cyclic N) is 1. The number of imidazole rings is 1. The molecule has 5 aromatic rings. The molecule has 3 aliphatic rings. The Kier molecular flexibility index (Phi) is 17.9. The van der Waals surface area contributed by atoms with Crippen LogP contribution in [0.2, 0.25) is 0 Å². The number of alkyl halides is 1. The molecule has 0 radical (unpaired) electrons. The number of aromatic amines is 1. The summed E-state index contributed by atoms with van der Waals surface area (Å²) in [6.07, 6.45) is 4.87. The minimum atomic E-state index is -1.90. The molecule has 1 aliphatic carbocycles. The molecule has 4 atom stereocenters. The molecular formula is C56H71FN10O8S. The number of H-pyrrole nitrogens is 1. The molecule has 4 heterocycles. The summed E-state index contributed by atoms with van der Waals surface area (Å²) < 4.78 is 20.5. The molecule has 18 nitrogen and oxygen atoms in total. The summed E-state index contributed by atoms with van der Waals surface area (Å²) in [4.78, 5) is 96.4. The first-order valence-electron chi connectivity index (χ1n) is 26.4. The van der Waals surface area contributed by atoms with Crippen molar-refractivity contribution < 1.29 is 43.0 Å². The maximum absolute atomic E-state index is 14.4. The van der Waals surface area contributed by atoms with Crippen molar-refractivity contribution in [1.82, 2.24) is 46.0 Å². The van der Waals surface area contributed by atoms with Gasteiger partial charge in [0, 0.05) is 67.6 Å². The number of hydrogen-bond donors (Lipinski definition) is 7. The molecule has 1 unspecified atom stereocenters. The molecule has 3 aromatic carbocycles. The summed E-state index contributed by atoms with van der Waals surface area (Å²) in [5.74, 6) is -1.98. The Bertz CT molecular complexity index is 2900. The van der Waals surface area contributed by atoms with Crippen LogP contribution in [-0.2, 0) is 32.3 Å². The van der Waals surface area contributed by atoms with Crippen LogP contribution in [0, 0.1) is 18.3 Å². The minimum Gasteiger partial charge on any atom is -0.483 e. The van der Waals surface area contributed by atoms with Crippen molar-refractivity contribution in [2.45, 2.75) is 129 Å². The number of benzene rings is 3. The van der Waals surface area contributed by atoms with Crippen molar-refractivity contribution in [3.63, 3.8) is 0 Å². The maximum atomic E-state index is 14.4. The van der Waals surface area contributed by atoms with Crippen molar-refractivity contribution in [2.75, 3.05) is 44.6 Å². The molecule has 76 heavy (non-hydrogen) atoms. The number of unbranched alkanes of at least 4 members (excludes halogenated alkanes) is 3. The molecule has 0 spiro atoms. The lowest BCUT2D eigenvalue weighted by Crippen LogP contribution is -2.52. The van der Waals surface area contributed by atoms with Crippen LogP contribution in [0.15, 0.2) is 66.2 Å². The van der Waals surface area contributed by atoms with Gasteiger partial charge in [-0.25, -0.2) is 14.4 Å². The number of halogens is 1. The number of aromatic nitrogens is 3. The average Bonchev–Trinajstić information content (AvgIpc) is 3.79. The Morgan fingerprint density at radius 1 is 0.921 bits per heavy atom. The van der Waals surface area contributed by atoms with Gasteiger partial charge < -0.3 is 46.3 Å². The molecule has 2 aromatic heterocycles. The van der Waals surface area contributed by atoms with Gasteiger partial charge in [0.25, 0.3) is 23.6 Å². The molecule has 20 heteroatoms. The van der Waals surface area contributed by atoms with E-state index in [9.17, 15) is 38.3 Å². The highest BCUT2D eigenvalue weighted by atomic mass is 32.1. The number of ether oxygens (including phenoxy) is 1. The van der Waals surface area contributed by atoms with Crippen LogP contribution in [-0.4, -0.2) is 128 Å². The van der Waals surface area contributed by atoms with Crippen LogP contribution >= 0.6 is 11.3 Å². The van der Waals surface area contributed by atoms with Crippen molar-refractivity contribution in [3.05, 3.63) is 94.4 Å². The summed E-state index contributed by atoms with van der Waals surface area (Å²) in [5, 5.41) is 25.0. The number of carbonyl (C=O) groups excluding carboxylic acids is 6. The van der Waals surface area contributed by atoms with Crippen LogP contribution in [0.1, 0.15) is 123 Å². The predicted molar refractivity (Wildman–Crippen MR) is 288 cm³/mol. The lowest BCUT2D eigenvalue weighted by Gasteiger charge is -2.35. The molecule has 6 amide bonds. The average molecular weight is 1060 g/mol. The highest BCUT2D eigenvalue weighted by molar-refractivity contribution is 7.13. The largest absolute Gasteiger partial charge is 0.483 e. The topological polar surface area (TPSA) is 240 Å². The number of nitrogens with one attached hydrogen (secondary N) is 6. The Hall–Kier alpha value is -6.77. The molecule has 2 aliphatic heterocycles. The number of thiazole rings is 1. The van der Waals surface area contributed by atoms with Gasteiger partial charge in [0.05, 0.1) is 45.7 Å². The number of anilines is 1. The lowest BCUT2D eigenvalue weighted by atomic mass is 9.79. The van der Waals surface area contributed by atoms with E-state index in [1.54, 1.807) is 41.9 Å². The van der Waals surface area contributed by atoms with E-state index in [0.717, 1.165) is 65.3 Å². The maximum Gasteiger partial charge on any atom is 0.257 e. The van der Waals surface area contributed by atoms with Gasteiger partial charge in [-0.05, 0) is 118 Å². The Morgan fingerprint density at radius 2 is 1.64 bits per heavy atom. The number of nitrogens with zero attached hydrogens (tertiary/aromatic N) is 4. The third-order valence-corrected chi connectivity index (χ3v) is 15.6. The monoisotopic (exact) mass is 1060 g/mol. The van der Waals surface area contributed by atoms with Gasteiger partial charge in [-0.2, -0.15) is 0 Å². The summed E-state index contributed by atoms with van der Waals surface area (Å²) in [7, 11) is 0. The standard InChI is InChI=1S/C56H71FN10O8S/c1-34-11-10-24-66(34)31-47-64-43-19-18-40(26-44(43)65-47)63-51(71)37-14-12-36(13-15-37)50(70)59-23-9-7-6-8-22-58-48(69)32-75-46-25-38(49-35(2)62-33-76-49)16-17-39(46)28-60-52(72)45-27-41(68)30-67(45)53(73)42(55(3,4)5)29-61-54(74)56(57)20-21-56/h12-19,25-26,33-34,41-42,45,68H,6-11,20-24,27-32H2,1-5H3,(H,58,69)(H,59,70)(H,60,72)(H,61,74)(H,63,71)(H,64,65)/t34-,41+,42?,45-/m0/s1. The SMILES string of the molecule is Cc1ncsc1-c1ccc(CNC(=O)[C@@H]2C[C@@H](O)CN2C(=O)C(CNC(=O)C2(F)CC2)C(C)(C)C)c(OCC(=O)NCCCCCCNC(=O)c2ccc(C(=O)Nc3ccc4nc(CN5CCC[C@@H]5C)[nH]c4c3)cc2)c1. The second kappa shape index (κ2) is 24.5. The van der Waals surface area contributed by atoms with Crippen molar-refractivity contribution >= 4 is 63.5 Å². The first-order valence-corrected chi connectivity index (χ1v) is 27.3. The number of fused-ring (bicyclic) bond motifs is 1. The lowest BCUT2D eigenvalue weighted by molar-refractivity contribution is -0.145. The highest BCUT2D eigenvalue weighted by Gasteiger charge is 2.51. The molecule has 1 saturated carbocycles. The fourth-order valence-electron chi connectivity index (χ4n) is 9.76. The van der Waals surface area contributed by atoms with E-state index in [1.807, 2.05) is 52.0 Å².